The van der Waals surface area contributed by atoms with Gasteiger partial charge in [-0.2, -0.15) is 0 Å². The van der Waals surface area contributed by atoms with Crippen LogP contribution in [0.15, 0.2) is 24.3 Å². The van der Waals surface area contributed by atoms with E-state index in [0.29, 0.717) is 24.5 Å². The van der Waals surface area contributed by atoms with Gasteiger partial charge in [0.2, 0.25) is 0 Å². The summed E-state index contributed by atoms with van der Waals surface area (Å²) in [4.78, 5) is 26.2. The number of rotatable bonds is 3. The van der Waals surface area contributed by atoms with Crippen LogP contribution in [0.5, 0.6) is 5.75 Å². The summed E-state index contributed by atoms with van der Waals surface area (Å²) >= 11 is 0. The molecule has 2 rings (SSSR count). The highest BCUT2D eigenvalue weighted by molar-refractivity contribution is 6.15. The van der Waals surface area contributed by atoms with E-state index >= 15 is 0 Å². The Morgan fingerprint density at radius 3 is 2.58 bits per heavy atom. The van der Waals surface area contributed by atoms with Crippen molar-refractivity contribution in [2.24, 2.45) is 0 Å². The molecule has 1 heterocycles. The summed E-state index contributed by atoms with van der Waals surface area (Å²) in [6.07, 6.45) is 0. The molecule has 0 spiro atoms. The Hall–Kier alpha value is -2.04. The Kier molecular flexibility index (Phi) is 3.46. The predicted octanol–water partition coefficient (Wildman–Crippen LogP) is 1.64. The lowest BCUT2D eigenvalue weighted by Crippen LogP contribution is -2.59. The minimum atomic E-state index is -1.50. The van der Waals surface area contributed by atoms with Crippen LogP contribution in [-0.2, 0) is 9.59 Å². The minimum Gasteiger partial charge on any atom is -0.466 e. The first-order valence-corrected chi connectivity index (χ1v) is 6.41. The molecular formula is C14H18N2O3. The van der Waals surface area contributed by atoms with Gasteiger partial charge in [0, 0.05) is 13.1 Å². The van der Waals surface area contributed by atoms with E-state index < -0.39 is 11.5 Å². The van der Waals surface area contributed by atoms with Crippen LogP contribution in [0.25, 0.3) is 0 Å². The zero-order chi connectivity index (χ0) is 14.0. The summed E-state index contributed by atoms with van der Waals surface area (Å²) in [5.41, 5.74) is -0.905. The van der Waals surface area contributed by atoms with Crippen molar-refractivity contribution in [1.29, 1.82) is 0 Å². The normalized spacial score (nSPS) is 21.1. The maximum absolute atomic E-state index is 12.4. The second-order valence-electron chi connectivity index (χ2n) is 4.56. The van der Waals surface area contributed by atoms with E-state index in [1.54, 1.807) is 29.2 Å². The number of ether oxygens (including phenoxy) is 1. The first kappa shape index (κ1) is 13.4. The molecule has 1 aromatic carbocycles. The third-order valence-corrected chi connectivity index (χ3v) is 3.34. The van der Waals surface area contributed by atoms with Crippen LogP contribution in [0, 0.1) is 0 Å². The number of hydrogen-bond donors (Lipinski definition) is 1. The predicted molar refractivity (Wildman–Crippen MR) is 72.0 cm³/mol. The first-order valence-electron chi connectivity index (χ1n) is 6.41. The fourth-order valence-electron chi connectivity index (χ4n) is 2.12. The van der Waals surface area contributed by atoms with Crippen LogP contribution in [-0.4, -0.2) is 35.4 Å². The number of fused-ring (bicyclic) bond motifs is 1. The van der Waals surface area contributed by atoms with E-state index in [4.69, 9.17) is 4.74 Å². The van der Waals surface area contributed by atoms with Gasteiger partial charge in [0.15, 0.2) is 0 Å². The highest BCUT2D eigenvalue weighted by atomic mass is 16.5. The van der Waals surface area contributed by atoms with Crippen LogP contribution in [0.4, 0.5) is 5.69 Å². The van der Waals surface area contributed by atoms with Gasteiger partial charge >= 0.3 is 0 Å². The molecule has 0 fully saturated rings. The van der Waals surface area contributed by atoms with Crippen molar-refractivity contribution in [2.45, 2.75) is 26.4 Å². The Morgan fingerprint density at radius 2 is 1.95 bits per heavy atom. The molecule has 1 aliphatic heterocycles. The van der Waals surface area contributed by atoms with Gasteiger partial charge in [0.1, 0.15) is 5.75 Å². The van der Waals surface area contributed by atoms with E-state index in [2.05, 4.69) is 5.32 Å². The zero-order valence-electron chi connectivity index (χ0n) is 11.4. The van der Waals surface area contributed by atoms with E-state index in [1.165, 1.54) is 6.92 Å². The molecule has 102 valence electrons. The topological polar surface area (TPSA) is 58.6 Å². The fourth-order valence-corrected chi connectivity index (χ4v) is 2.12. The number of likely N-dealkylation sites (N-methyl/N-ethyl adjacent to an activating group) is 1. The number of nitrogens with one attached hydrogen (secondary N) is 1. The van der Waals surface area contributed by atoms with Crippen molar-refractivity contribution >= 4 is 17.5 Å². The lowest BCUT2D eigenvalue weighted by atomic mass is 10.0. The number of amides is 2. The van der Waals surface area contributed by atoms with E-state index in [1.807, 2.05) is 13.8 Å². The summed E-state index contributed by atoms with van der Waals surface area (Å²) < 4.78 is 5.67. The molecule has 0 saturated heterocycles. The van der Waals surface area contributed by atoms with Crippen LogP contribution < -0.4 is 10.1 Å². The number of hydrogen-bond acceptors (Lipinski definition) is 3. The molecule has 0 radical (unpaired) electrons. The molecule has 1 aromatic rings. The van der Waals surface area contributed by atoms with Crippen LogP contribution in [0.1, 0.15) is 20.8 Å². The van der Waals surface area contributed by atoms with Gasteiger partial charge in [-0.1, -0.05) is 12.1 Å². The number of para-hydroxylation sites is 2. The summed E-state index contributed by atoms with van der Waals surface area (Å²) in [7, 11) is 0. The van der Waals surface area contributed by atoms with Crippen molar-refractivity contribution in [3.63, 3.8) is 0 Å². The average Bonchev–Trinajstić information content (AvgIpc) is 2.41. The van der Waals surface area contributed by atoms with E-state index in [-0.39, 0.29) is 5.91 Å². The minimum absolute atomic E-state index is 0.315. The summed E-state index contributed by atoms with van der Waals surface area (Å²) in [5, 5.41) is 2.72. The number of carbonyl (C=O) groups excluding carboxylic acids is 2. The van der Waals surface area contributed by atoms with Crippen LogP contribution in [0.3, 0.4) is 0 Å². The summed E-state index contributed by atoms with van der Waals surface area (Å²) in [5.74, 6) is -0.224. The maximum atomic E-state index is 12.4. The monoisotopic (exact) mass is 262 g/mol. The summed E-state index contributed by atoms with van der Waals surface area (Å²) in [6.45, 7) is 6.35. The quantitative estimate of drug-likeness (QED) is 0.842. The van der Waals surface area contributed by atoms with Crippen LogP contribution in [0.2, 0.25) is 0 Å². The van der Waals surface area contributed by atoms with Crippen molar-refractivity contribution in [1.82, 2.24) is 4.90 Å². The smallest absolute Gasteiger partial charge is 0.278 e. The standard InChI is InChI=1S/C14H18N2O3/c1-4-16(5-2)13(18)14(3)12(17)15-10-8-6-7-9-11(10)19-14/h6-9H,4-5H2,1-3H3,(H,15,17). The summed E-state index contributed by atoms with van der Waals surface area (Å²) in [6, 6.07) is 7.09. The SMILES string of the molecule is CCN(CC)C(=O)C1(C)Oc2ccccc2NC1=O. The van der Waals surface area contributed by atoms with Crippen molar-refractivity contribution < 1.29 is 14.3 Å². The maximum Gasteiger partial charge on any atom is 0.278 e. The molecule has 1 aliphatic rings. The Balaban J connectivity index is 2.35. The molecule has 0 saturated carbocycles. The highest BCUT2D eigenvalue weighted by Gasteiger charge is 2.48. The van der Waals surface area contributed by atoms with Crippen LogP contribution >= 0.6 is 0 Å². The Bertz CT molecular complexity index is 511. The van der Waals surface area contributed by atoms with Crippen molar-refractivity contribution in [2.75, 3.05) is 18.4 Å². The molecular weight excluding hydrogens is 244 g/mol. The van der Waals surface area contributed by atoms with Gasteiger partial charge in [0.25, 0.3) is 17.4 Å². The van der Waals surface area contributed by atoms with Gasteiger partial charge in [0.05, 0.1) is 5.69 Å². The molecule has 19 heavy (non-hydrogen) atoms. The number of nitrogens with zero attached hydrogens (tertiary/aromatic N) is 1. The third kappa shape index (κ3) is 2.16. The number of benzene rings is 1. The van der Waals surface area contributed by atoms with Gasteiger partial charge in [-0.3, -0.25) is 9.59 Å². The lowest BCUT2D eigenvalue weighted by molar-refractivity contribution is -0.154. The molecule has 0 aliphatic carbocycles. The van der Waals surface area contributed by atoms with Gasteiger partial charge < -0.3 is 15.0 Å². The molecule has 1 N–H and O–H groups in total. The van der Waals surface area contributed by atoms with Gasteiger partial charge in [-0.15, -0.1) is 0 Å². The van der Waals surface area contributed by atoms with Crippen molar-refractivity contribution in [3.05, 3.63) is 24.3 Å². The average molecular weight is 262 g/mol. The fraction of sp³-hybridized carbons (Fsp3) is 0.429. The Morgan fingerprint density at radius 1 is 1.32 bits per heavy atom. The molecule has 1 atom stereocenters. The molecule has 5 nitrogen and oxygen atoms in total. The first-order chi connectivity index (χ1) is 9.02. The van der Waals surface area contributed by atoms with Crippen molar-refractivity contribution in [3.8, 4) is 5.75 Å². The zero-order valence-corrected chi connectivity index (χ0v) is 11.4. The Labute approximate surface area is 112 Å². The lowest BCUT2D eigenvalue weighted by Gasteiger charge is -2.36. The van der Waals surface area contributed by atoms with E-state index in [0.717, 1.165) is 0 Å². The van der Waals surface area contributed by atoms with E-state index in [9.17, 15) is 9.59 Å². The third-order valence-electron chi connectivity index (χ3n) is 3.34. The largest absolute Gasteiger partial charge is 0.466 e. The highest BCUT2D eigenvalue weighted by Crippen LogP contribution is 2.34. The van der Waals surface area contributed by atoms with Gasteiger partial charge in [-0.05, 0) is 32.9 Å². The second-order valence-corrected chi connectivity index (χ2v) is 4.56. The number of anilines is 1. The van der Waals surface area contributed by atoms with Gasteiger partial charge in [-0.25, -0.2) is 0 Å². The molecule has 5 heteroatoms. The second kappa shape index (κ2) is 4.91. The molecule has 0 aromatic heterocycles. The number of carbonyl (C=O) groups is 2. The molecule has 2 amide bonds. The molecule has 1 unspecified atom stereocenters. The molecule has 0 bridgehead atoms.